The number of benzene rings is 2. The first kappa shape index (κ1) is 43.7. The maximum atomic E-state index is 15.0. The number of amides is 5. The molecule has 0 saturated carbocycles. The Kier molecular flexibility index (Phi) is 12.0. The van der Waals surface area contributed by atoms with Crippen molar-refractivity contribution in [2.45, 2.75) is 88.3 Å². The van der Waals surface area contributed by atoms with Crippen molar-refractivity contribution in [1.82, 2.24) is 50.6 Å². The van der Waals surface area contributed by atoms with E-state index in [0.29, 0.717) is 36.2 Å². The van der Waals surface area contributed by atoms with Crippen LogP contribution in [-0.4, -0.2) is 111 Å². The Morgan fingerprint density at radius 1 is 0.730 bits per heavy atom. The molecule has 4 aliphatic heterocycles. The Morgan fingerprint density at radius 2 is 1.35 bits per heavy atom. The minimum atomic E-state index is -4.77. The molecule has 8 rings (SSSR count). The predicted molar refractivity (Wildman–Crippen MR) is 216 cm³/mol. The molecule has 14 nitrogen and oxygen atoms in total. The Hall–Kier alpha value is -5.92. The summed E-state index contributed by atoms with van der Waals surface area (Å²) >= 11 is 0. The van der Waals surface area contributed by atoms with Crippen molar-refractivity contribution in [3.05, 3.63) is 98.6 Å². The number of piperidine rings is 2. The van der Waals surface area contributed by atoms with Crippen LogP contribution in [-0.2, 0) is 43.1 Å². The first-order chi connectivity index (χ1) is 30.1. The lowest BCUT2D eigenvalue weighted by atomic mass is 9.85. The Balaban J connectivity index is 1.03. The quantitative estimate of drug-likeness (QED) is 0.186. The van der Waals surface area contributed by atoms with Crippen LogP contribution in [0.5, 0.6) is 0 Å². The molecule has 63 heavy (non-hydrogen) atoms. The van der Waals surface area contributed by atoms with Gasteiger partial charge in [-0.25, -0.2) is 9.48 Å². The summed E-state index contributed by atoms with van der Waals surface area (Å²) in [6.07, 6.45) is -6.95. The van der Waals surface area contributed by atoms with E-state index >= 15 is 13.2 Å². The molecule has 6 heterocycles. The van der Waals surface area contributed by atoms with E-state index in [1.54, 1.807) is 15.9 Å². The summed E-state index contributed by atoms with van der Waals surface area (Å²) < 4.78 is 87.8. The number of nitrogens with zero attached hydrogens (tertiary/aromatic N) is 6. The van der Waals surface area contributed by atoms with Gasteiger partial charge in [0.15, 0.2) is 11.4 Å². The fraction of sp³-hybridized carbons (Fsp3) is 0.488. The average Bonchev–Trinajstić information content (AvgIpc) is 3.80. The number of aryl methyl sites for hydroxylation is 1. The summed E-state index contributed by atoms with van der Waals surface area (Å²) in [5, 5.41) is 20.1. The summed E-state index contributed by atoms with van der Waals surface area (Å²) in [5.41, 5.74) is 1.11. The smallest absolute Gasteiger partial charge is 0.358 e. The highest BCUT2D eigenvalue weighted by Gasteiger charge is 2.41. The van der Waals surface area contributed by atoms with Gasteiger partial charge in [-0.15, -0.1) is 0 Å². The largest absolute Gasteiger partial charge is 0.416 e. The van der Waals surface area contributed by atoms with E-state index in [1.165, 1.54) is 47.9 Å². The molecule has 4 N–H and O–H groups in total. The highest BCUT2D eigenvalue weighted by atomic mass is 19.4. The normalized spacial score (nSPS) is 19.0. The van der Waals surface area contributed by atoms with Crippen molar-refractivity contribution in [3.63, 3.8) is 0 Å². The lowest BCUT2D eigenvalue weighted by Gasteiger charge is -2.33. The first-order valence-corrected chi connectivity index (χ1v) is 21.1. The number of hydrogen-bond acceptors (Lipinski definition) is 7. The second kappa shape index (κ2) is 17.3. The average molecular weight is 883 g/mol. The minimum Gasteiger partial charge on any atom is -0.358 e. The van der Waals surface area contributed by atoms with Crippen LogP contribution >= 0.6 is 0 Å². The van der Waals surface area contributed by atoms with Gasteiger partial charge in [0.25, 0.3) is 11.8 Å². The molecule has 336 valence electrons. The fourth-order valence-electron chi connectivity index (χ4n) is 9.60. The number of halogens is 6. The molecule has 1 unspecified atom stereocenters. The number of likely N-dealkylation sites (tertiary alicyclic amines) is 2. The molecule has 2 aromatic heterocycles. The first-order valence-electron chi connectivity index (χ1n) is 21.1. The van der Waals surface area contributed by atoms with E-state index in [9.17, 15) is 32.3 Å². The number of fused-ring (bicyclic) bond motifs is 2. The number of rotatable bonds is 6. The van der Waals surface area contributed by atoms with Gasteiger partial charge in [0.2, 0.25) is 5.91 Å². The molecule has 4 aromatic rings. The molecule has 2 fully saturated rings. The summed E-state index contributed by atoms with van der Waals surface area (Å²) in [5.74, 6) is -2.20. The molecule has 4 aliphatic rings. The lowest BCUT2D eigenvalue weighted by Crippen LogP contribution is -2.47. The monoisotopic (exact) mass is 882 g/mol. The molecule has 0 bridgehead atoms. The van der Waals surface area contributed by atoms with Crippen LogP contribution in [0.15, 0.2) is 42.5 Å². The van der Waals surface area contributed by atoms with E-state index in [2.05, 4.69) is 31.2 Å². The minimum absolute atomic E-state index is 0.0165. The third-order valence-electron chi connectivity index (χ3n) is 12.9. The number of carbonyl (C=O) groups is 4. The maximum Gasteiger partial charge on any atom is 0.416 e. The Bertz CT molecular complexity index is 2390. The van der Waals surface area contributed by atoms with Crippen LogP contribution in [0.1, 0.15) is 110 Å². The van der Waals surface area contributed by atoms with Gasteiger partial charge < -0.3 is 25.3 Å². The Morgan fingerprint density at radius 3 is 1.97 bits per heavy atom. The zero-order valence-electron chi connectivity index (χ0n) is 34.8. The van der Waals surface area contributed by atoms with Gasteiger partial charge in [0.1, 0.15) is 0 Å². The van der Waals surface area contributed by atoms with E-state index in [4.69, 9.17) is 0 Å². The highest BCUT2D eigenvalue weighted by Crippen LogP contribution is 2.42. The number of alkyl halides is 6. The molecule has 1 atom stereocenters. The zero-order chi connectivity index (χ0) is 44.8. The van der Waals surface area contributed by atoms with Gasteiger partial charge in [-0.05, 0) is 79.7 Å². The molecule has 5 amide bonds. The van der Waals surface area contributed by atoms with Crippen molar-refractivity contribution >= 4 is 23.8 Å². The van der Waals surface area contributed by atoms with Gasteiger partial charge in [0, 0.05) is 76.6 Å². The number of H-pyrrole nitrogens is 1. The van der Waals surface area contributed by atoms with Crippen molar-refractivity contribution in [3.8, 4) is 5.69 Å². The van der Waals surface area contributed by atoms with Gasteiger partial charge >= 0.3 is 18.4 Å². The molecular weight excluding hydrogens is 835 g/mol. The maximum absolute atomic E-state index is 15.0. The number of carbonyl (C=O) groups excluding carboxylic acids is 4. The van der Waals surface area contributed by atoms with Crippen LogP contribution < -0.4 is 16.0 Å². The topological polar surface area (TPSA) is 161 Å². The number of aromatic nitrogens is 4. The Labute approximate surface area is 358 Å². The SMILES string of the molecule is CNC(=O)C1Cc2c(C(=O)N3CCC(c4ccccc4C(F)(F)F)CC3)nn(-c3ccc(C4CCN(C(=O)c5n[nH]c6c5CN(C(=O)NC)CCC6)CC4)c(C(F)(F)F)c3)c2CN1. The molecule has 2 aromatic carbocycles. The summed E-state index contributed by atoms with van der Waals surface area (Å²) in [7, 11) is 3.00. The van der Waals surface area contributed by atoms with Crippen LogP contribution in [0.3, 0.4) is 0 Å². The van der Waals surface area contributed by atoms with Crippen LogP contribution in [0.4, 0.5) is 31.1 Å². The number of hydrogen-bond donors (Lipinski definition) is 4. The van der Waals surface area contributed by atoms with Gasteiger partial charge in [-0.3, -0.25) is 24.8 Å². The van der Waals surface area contributed by atoms with Crippen molar-refractivity contribution < 1.29 is 45.5 Å². The second-order valence-electron chi connectivity index (χ2n) is 16.5. The standard InChI is InChI=1S/C43H48F6N10O4/c1-50-38(60)34-21-29-35(22-52-34)59(55-37(29)40(62)57-18-11-24(12-19-57)27-6-3-4-7-31(27)42(44,45)46)26-9-10-28(32(20-26)43(47,48)49)25-13-16-56(17-14-25)39(61)36-30-23-58(41(63)51-2)15-5-8-33(30)53-54-36/h3-4,6-7,9-10,20,24-25,34,52H,5,8,11-19,21-23H2,1-2H3,(H,50,60)(H,51,63)(H,53,54). The predicted octanol–water partition coefficient (Wildman–Crippen LogP) is 5.52. The second-order valence-corrected chi connectivity index (χ2v) is 16.5. The van der Waals surface area contributed by atoms with Crippen LogP contribution in [0.25, 0.3) is 5.69 Å². The lowest BCUT2D eigenvalue weighted by molar-refractivity contribution is -0.139. The third-order valence-corrected chi connectivity index (χ3v) is 12.9. The highest BCUT2D eigenvalue weighted by molar-refractivity contribution is 5.95. The van der Waals surface area contributed by atoms with Gasteiger partial charge in [0.05, 0.1) is 35.1 Å². The van der Waals surface area contributed by atoms with Crippen LogP contribution in [0.2, 0.25) is 0 Å². The van der Waals surface area contributed by atoms with Crippen molar-refractivity contribution in [1.29, 1.82) is 0 Å². The van der Waals surface area contributed by atoms with E-state index in [0.717, 1.165) is 17.8 Å². The fourth-order valence-corrected chi connectivity index (χ4v) is 9.60. The van der Waals surface area contributed by atoms with Gasteiger partial charge in [-0.1, -0.05) is 24.3 Å². The number of urea groups is 1. The van der Waals surface area contributed by atoms with E-state index in [1.807, 2.05) is 0 Å². The summed E-state index contributed by atoms with van der Waals surface area (Å²) in [6.45, 7) is 1.36. The zero-order valence-corrected chi connectivity index (χ0v) is 34.8. The van der Waals surface area contributed by atoms with Crippen molar-refractivity contribution in [2.24, 2.45) is 0 Å². The number of likely N-dealkylation sites (N-methyl/N-ethyl adjacent to an activating group) is 1. The van der Waals surface area contributed by atoms with E-state index < -0.39 is 47.3 Å². The number of nitrogens with one attached hydrogen (secondary N) is 4. The molecule has 20 heteroatoms. The molecule has 0 radical (unpaired) electrons. The number of aromatic amines is 1. The van der Waals surface area contributed by atoms with Crippen LogP contribution in [0, 0.1) is 0 Å². The summed E-state index contributed by atoms with van der Waals surface area (Å²) in [6, 6.07) is 8.34. The molecule has 0 aliphatic carbocycles. The molecule has 0 spiro atoms. The van der Waals surface area contributed by atoms with E-state index in [-0.39, 0.29) is 117 Å². The molecular formula is C43H48F6N10O4. The van der Waals surface area contributed by atoms with Gasteiger partial charge in [-0.2, -0.15) is 36.5 Å². The summed E-state index contributed by atoms with van der Waals surface area (Å²) in [4.78, 5) is 57.8. The molecule has 2 saturated heterocycles. The third kappa shape index (κ3) is 8.60. The van der Waals surface area contributed by atoms with Crippen molar-refractivity contribution in [2.75, 3.05) is 46.8 Å².